The van der Waals surface area contributed by atoms with E-state index >= 15 is 4.39 Å². The third-order valence-electron chi connectivity index (χ3n) is 3.87. The quantitative estimate of drug-likeness (QED) is 0.183. The maximum absolute atomic E-state index is 15.2. The lowest BCUT2D eigenvalue weighted by molar-refractivity contribution is -0.152. The number of alkyl halides is 3. The zero-order valence-corrected chi connectivity index (χ0v) is 17.7. The fraction of sp³-hybridized carbons (Fsp3) is 0.143. The van der Waals surface area contributed by atoms with Gasteiger partial charge in [0.15, 0.2) is 23.3 Å². The molecule has 0 saturated carbocycles. The molecule has 2 aromatic carbocycles. The molecule has 0 aliphatic rings. The first-order valence-corrected chi connectivity index (χ1v) is 9.77. The number of halogens is 3. The number of carbonyl (C=O) groups is 1. The lowest BCUT2D eigenvalue weighted by atomic mass is 10.3. The molecule has 0 amide bonds. The van der Waals surface area contributed by atoms with Crippen molar-refractivity contribution in [2.75, 3.05) is 18.2 Å². The molecule has 0 N–H and O–H groups in total. The maximum Gasteiger partial charge on any atom is 0.386 e. The molecule has 0 aliphatic carbocycles. The number of rotatable bonds is 9. The fourth-order valence-corrected chi connectivity index (χ4v) is 2.77. The second kappa shape index (κ2) is 10.2. The van der Waals surface area contributed by atoms with Crippen molar-refractivity contribution < 1.29 is 28.2 Å². The third kappa shape index (κ3) is 5.48. The first-order chi connectivity index (χ1) is 15.0. The highest BCUT2D eigenvalue weighted by Gasteiger charge is 2.47. The second-order valence-electron chi connectivity index (χ2n) is 5.91. The number of benzene rings is 2. The van der Waals surface area contributed by atoms with Crippen LogP contribution in [0.15, 0.2) is 73.1 Å². The van der Waals surface area contributed by atoms with E-state index in [4.69, 9.17) is 37.5 Å². The highest BCUT2D eigenvalue weighted by atomic mass is 35.5. The number of esters is 1. The molecule has 10 heteroatoms. The molecule has 7 nitrogen and oxygen atoms in total. The SMILES string of the molecule is COc1ccc(ON(c2cccnc2)C(F)(Cl)C(=O)OCCl)cc1Oc1ccccc1. The lowest BCUT2D eigenvalue weighted by Gasteiger charge is -2.31. The van der Waals surface area contributed by atoms with E-state index in [1.165, 1.54) is 43.8 Å². The summed E-state index contributed by atoms with van der Waals surface area (Å²) in [5.41, 5.74) is 0.0490. The van der Waals surface area contributed by atoms with Crippen molar-refractivity contribution in [2.45, 2.75) is 5.25 Å². The van der Waals surface area contributed by atoms with Crippen molar-refractivity contribution in [3.63, 3.8) is 0 Å². The second-order valence-corrected chi connectivity index (χ2v) is 6.63. The van der Waals surface area contributed by atoms with Crippen molar-refractivity contribution >= 4 is 34.9 Å². The van der Waals surface area contributed by atoms with Crippen LogP contribution in [0.4, 0.5) is 10.1 Å². The van der Waals surface area contributed by atoms with Gasteiger partial charge < -0.3 is 19.0 Å². The minimum absolute atomic E-state index is 0.0490. The molecular weight excluding hydrogens is 450 g/mol. The first-order valence-electron chi connectivity index (χ1n) is 8.86. The van der Waals surface area contributed by atoms with E-state index in [0.717, 1.165) is 0 Å². The van der Waals surface area contributed by atoms with E-state index in [1.807, 2.05) is 6.07 Å². The minimum Gasteiger partial charge on any atom is -0.493 e. The van der Waals surface area contributed by atoms with Gasteiger partial charge in [-0.05, 0) is 48.0 Å². The predicted octanol–water partition coefficient (Wildman–Crippen LogP) is 5.28. The molecule has 1 unspecified atom stereocenters. The first kappa shape index (κ1) is 22.5. The number of pyridine rings is 1. The third-order valence-corrected chi connectivity index (χ3v) is 4.29. The summed E-state index contributed by atoms with van der Waals surface area (Å²) in [7, 11) is 1.48. The van der Waals surface area contributed by atoms with Crippen molar-refractivity contribution in [3.8, 4) is 23.0 Å². The number of hydrogen-bond acceptors (Lipinski definition) is 7. The summed E-state index contributed by atoms with van der Waals surface area (Å²) < 4.78 is 30.9. The average molecular weight is 467 g/mol. The number of anilines is 1. The zero-order chi connectivity index (χ0) is 22.3. The van der Waals surface area contributed by atoms with Gasteiger partial charge in [-0.3, -0.25) is 4.98 Å². The van der Waals surface area contributed by atoms with Crippen molar-refractivity contribution in [1.29, 1.82) is 0 Å². The number of hydrogen-bond donors (Lipinski definition) is 0. The monoisotopic (exact) mass is 466 g/mol. The molecule has 0 radical (unpaired) electrons. The zero-order valence-electron chi connectivity index (χ0n) is 16.2. The summed E-state index contributed by atoms with van der Waals surface area (Å²) in [6.45, 7) is 0. The number of para-hydroxylation sites is 1. The van der Waals surface area contributed by atoms with Crippen LogP contribution in [0.25, 0.3) is 0 Å². The molecule has 0 fully saturated rings. The Balaban J connectivity index is 1.95. The summed E-state index contributed by atoms with van der Waals surface area (Å²) in [6, 6.07) is 15.8. The minimum atomic E-state index is -3.24. The molecule has 1 atom stereocenters. The van der Waals surface area contributed by atoms with Crippen molar-refractivity contribution in [3.05, 3.63) is 73.1 Å². The average Bonchev–Trinajstić information content (AvgIpc) is 2.79. The van der Waals surface area contributed by atoms with Gasteiger partial charge in [-0.1, -0.05) is 29.8 Å². The Bertz CT molecular complexity index is 1010. The molecule has 0 spiro atoms. The molecule has 3 aromatic rings. The van der Waals surface area contributed by atoms with Gasteiger partial charge in [0.05, 0.1) is 19.0 Å². The van der Waals surface area contributed by atoms with Gasteiger partial charge in [-0.2, -0.15) is 4.39 Å². The van der Waals surface area contributed by atoms with Crippen LogP contribution in [-0.2, 0) is 9.53 Å². The van der Waals surface area contributed by atoms with Crippen LogP contribution in [0.2, 0.25) is 0 Å². The van der Waals surface area contributed by atoms with Gasteiger partial charge in [0.25, 0.3) is 0 Å². The summed E-state index contributed by atoms with van der Waals surface area (Å²) in [5.74, 6) is -0.119. The number of aromatic nitrogens is 1. The topological polar surface area (TPSA) is 70.1 Å². The largest absolute Gasteiger partial charge is 0.493 e. The predicted molar refractivity (Wildman–Crippen MR) is 113 cm³/mol. The Morgan fingerprint density at radius 3 is 2.52 bits per heavy atom. The number of hydroxylamine groups is 1. The Kier molecular flexibility index (Phi) is 7.38. The van der Waals surface area contributed by atoms with E-state index in [-0.39, 0.29) is 11.4 Å². The Morgan fingerprint density at radius 1 is 1.10 bits per heavy atom. The van der Waals surface area contributed by atoms with Crippen LogP contribution < -0.4 is 19.4 Å². The van der Waals surface area contributed by atoms with E-state index in [2.05, 4.69) is 9.72 Å². The highest BCUT2D eigenvalue weighted by Crippen LogP contribution is 2.37. The molecule has 31 heavy (non-hydrogen) atoms. The summed E-state index contributed by atoms with van der Waals surface area (Å²) in [4.78, 5) is 21.6. The fourth-order valence-electron chi connectivity index (χ4n) is 2.48. The van der Waals surface area contributed by atoms with Crippen molar-refractivity contribution in [1.82, 2.24) is 4.98 Å². The molecule has 1 aromatic heterocycles. The molecular formula is C21H17Cl2FN2O5. The molecule has 0 bridgehead atoms. The normalized spacial score (nSPS) is 12.4. The number of ether oxygens (including phenoxy) is 3. The summed E-state index contributed by atoms with van der Waals surface area (Å²) in [5, 5.41) is -2.72. The van der Waals surface area contributed by atoms with E-state index in [0.29, 0.717) is 22.3 Å². The van der Waals surface area contributed by atoms with Gasteiger partial charge in [0, 0.05) is 12.3 Å². The Morgan fingerprint density at radius 2 is 1.87 bits per heavy atom. The van der Waals surface area contributed by atoms with Gasteiger partial charge in [0.2, 0.25) is 0 Å². The highest BCUT2D eigenvalue weighted by molar-refractivity contribution is 6.34. The van der Waals surface area contributed by atoms with Crippen LogP contribution >= 0.6 is 23.2 Å². The van der Waals surface area contributed by atoms with E-state index < -0.39 is 17.3 Å². The molecule has 0 saturated heterocycles. The molecule has 162 valence electrons. The Labute approximate surface area is 187 Å². The number of nitrogens with zero attached hydrogens (tertiary/aromatic N) is 2. The van der Waals surface area contributed by atoms with E-state index in [1.54, 1.807) is 30.3 Å². The molecule has 3 rings (SSSR count). The van der Waals surface area contributed by atoms with E-state index in [9.17, 15) is 4.79 Å². The van der Waals surface area contributed by atoms with Crippen LogP contribution in [0.5, 0.6) is 23.0 Å². The van der Waals surface area contributed by atoms with Crippen LogP contribution in [0.3, 0.4) is 0 Å². The van der Waals surface area contributed by atoms with Crippen LogP contribution in [0.1, 0.15) is 0 Å². The maximum atomic E-state index is 15.2. The number of carbonyl (C=O) groups excluding carboxylic acids is 1. The molecule has 0 aliphatic heterocycles. The molecule has 1 heterocycles. The summed E-state index contributed by atoms with van der Waals surface area (Å²) >= 11 is 11.2. The van der Waals surface area contributed by atoms with Gasteiger partial charge in [0.1, 0.15) is 5.75 Å². The Hall–Kier alpha value is -3.23. The van der Waals surface area contributed by atoms with Crippen molar-refractivity contribution in [2.24, 2.45) is 0 Å². The summed E-state index contributed by atoms with van der Waals surface area (Å²) in [6.07, 6.45) is 2.72. The van der Waals surface area contributed by atoms with Crippen LogP contribution in [0, 0.1) is 0 Å². The van der Waals surface area contributed by atoms with Gasteiger partial charge in [-0.25, -0.2) is 4.79 Å². The van der Waals surface area contributed by atoms with Crippen LogP contribution in [-0.4, -0.2) is 29.4 Å². The lowest BCUT2D eigenvalue weighted by Crippen LogP contribution is -2.50. The standard InChI is InChI=1S/C21H17Cl2FN2O5/c1-28-18-10-9-17(12-19(18)30-16-7-3-2-4-8-16)31-26(15-6-5-11-25-13-15)21(23,24)20(27)29-14-22/h2-13H,14H2,1H3. The van der Waals surface area contributed by atoms with Gasteiger partial charge >= 0.3 is 11.2 Å². The smallest absolute Gasteiger partial charge is 0.386 e. The van der Waals surface area contributed by atoms with Gasteiger partial charge in [-0.15, -0.1) is 5.06 Å². The number of methoxy groups -OCH3 is 1.